The number of hydrogen-bond donors (Lipinski definition) is 0. The molecule has 2 bridgehead atoms. The Balaban J connectivity index is 2.98. The van der Waals surface area contributed by atoms with Gasteiger partial charge in [0.2, 0.25) is 5.67 Å². The van der Waals surface area contributed by atoms with Crippen LogP contribution in [-0.4, -0.2) is 34.9 Å². The summed E-state index contributed by atoms with van der Waals surface area (Å²) in [6.07, 6.45) is -0.728. The Labute approximate surface area is 107 Å². The molecule has 0 amide bonds. The van der Waals surface area contributed by atoms with Gasteiger partial charge in [-0.05, 0) is 12.5 Å². The molecule has 3 unspecified atom stereocenters. The van der Waals surface area contributed by atoms with Crippen LogP contribution in [0.5, 0.6) is 0 Å². The van der Waals surface area contributed by atoms with Gasteiger partial charge in [0.25, 0.3) is 5.67 Å². The van der Waals surface area contributed by atoms with Gasteiger partial charge in [-0.15, -0.1) is 0 Å². The van der Waals surface area contributed by atoms with E-state index in [-0.39, 0.29) is 0 Å². The summed E-state index contributed by atoms with van der Waals surface area (Å²) < 4.78 is 87.3. The molecule has 1 fully saturated rings. The van der Waals surface area contributed by atoms with Crippen LogP contribution in [0.2, 0.25) is 0 Å². The second-order valence-corrected chi connectivity index (χ2v) is 4.55. The van der Waals surface area contributed by atoms with Gasteiger partial charge < -0.3 is 4.74 Å². The van der Waals surface area contributed by atoms with Crippen molar-refractivity contribution in [3.8, 4) is 0 Å². The number of alkyl halides is 5. The van der Waals surface area contributed by atoms with Crippen LogP contribution in [0.15, 0.2) is 24.1 Å². The van der Waals surface area contributed by atoms with E-state index < -0.39 is 52.3 Å². The van der Waals surface area contributed by atoms with Crippen LogP contribution in [0.1, 0.15) is 6.92 Å². The van der Waals surface area contributed by atoms with Crippen LogP contribution in [0.25, 0.3) is 0 Å². The van der Waals surface area contributed by atoms with Crippen LogP contribution >= 0.6 is 0 Å². The van der Waals surface area contributed by atoms with E-state index in [1.54, 1.807) is 0 Å². The van der Waals surface area contributed by atoms with Gasteiger partial charge in [0.1, 0.15) is 0 Å². The molecular weight excluding hydrogens is 294 g/mol. The molecule has 0 N–H and O–H groups in total. The topological polar surface area (TPSA) is 43.4 Å². The van der Waals surface area contributed by atoms with E-state index in [0.29, 0.717) is 6.92 Å². The van der Waals surface area contributed by atoms with E-state index in [1.807, 2.05) is 0 Å². The van der Waals surface area contributed by atoms with E-state index in [2.05, 4.69) is 11.3 Å². The van der Waals surface area contributed by atoms with Crippen LogP contribution in [-0.2, 0) is 14.3 Å². The lowest BCUT2D eigenvalue weighted by atomic mass is 9.62. The molecule has 0 aromatic carbocycles. The molecule has 1 aliphatic carbocycles. The first-order chi connectivity index (χ1) is 8.87. The Kier molecular flexibility index (Phi) is 2.52. The van der Waals surface area contributed by atoms with Crippen molar-refractivity contribution >= 4 is 11.9 Å². The maximum atomic E-state index is 14.7. The molecule has 2 rings (SSSR count). The van der Waals surface area contributed by atoms with Crippen LogP contribution in [0, 0.1) is 0 Å². The average Bonchev–Trinajstić information content (AvgIpc) is 2.32. The molecule has 9 heteroatoms. The number of hydrogen-bond acceptors (Lipinski definition) is 3. The van der Waals surface area contributed by atoms with E-state index in [4.69, 9.17) is 0 Å². The van der Waals surface area contributed by atoms with Crippen molar-refractivity contribution in [2.75, 3.05) is 0 Å². The van der Waals surface area contributed by atoms with E-state index >= 15 is 0 Å². The minimum absolute atomic E-state index is 0.585. The number of esters is 2. The Morgan fingerprint density at radius 2 is 1.65 bits per heavy atom. The van der Waals surface area contributed by atoms with Gasteiger partial charge in [0, 0.05) is 6.08 Å². The highest BCUT2D eigenvalue weighted by molar-refractivity contribution is 6.04. The quantitative estimate of drug-likeness (QED) is 0.323. The molecule has 3 nitrogen and oxygen atoms in total. The fraction of sp³-hybridized carbons (Fsp3) is 0.455. The standard InChI is InChI=1S/C11H6F6O3/c1-4(2)9(14)8(13)3-5(12)11(16,17)10(9,15)7(19)20-6(8)18/h3H,1H2,2H3. The molecule has 110 valence electrons. The SMILES string of the molecule is C=C(C)C1(F)C2(F)C=C(F)C(F)(F)C1(F)C(=O)OC2=O. The lowest BCUT2D eigenvalue weighted by Crippen LogP contribution is -2.79. The van der Waals surface area contributed by atoms with Gasteiger partial charge in [0.15, 0.2) is 5.83 Å². The highest BCUT2D eigenvalue weighted by Gasteiger charge is 2.89. The van der Waals surface area contributed by atoms with Gasteiger partial charge in [-0.25, -0.2) is 27.2 Å². The number of fused-ring (bicyclic) bond motifs is 2. The zero-order valence-electron chi connectivity index (χ0n) is 9.78. The highest BCUT2D eigenvalue weighted by atomic mass is 19.3. The predicted octanol–water partition coefficient (Wildman–Crippen LogP) is 2.27. The number of carbonyl (C=O) groups is 2. The Bertz CT molecular complexity index is 585. The minimum Gasteiger partial charge on any atom is -0.388 e. The van der Waals surface area contributed by atoms with Crippen molar-refractivity contribution in [3.63, 3.8) is 0 Å². The molecule has 1 aliphatic heterocycles. The lowest BCUT2D eigenvalue weighted by molar-refractivity contribution is -0.254. The summed E-state index contributed by atoms with van der Waals surface area (Å²) in [5.74, 6) is -13.2. The van der Waals surface area contributed by atoms with Gasteiger partial charge in [0.05, 0.1) is 0 Å². The first-order valence-corrected chi connectivity index (χ1v) is 5.13. The number of halogens is 6. The second kappa shape index (κ2) is 3.44. The van der Waals surface area contributed by atoms with Crippen LogP contribution in [0.4, 0.5) is 26.3 Å². The third kappa shape index (κ3) is 1.10. The first kappa shape index (κ1) is 14.6. The fourth-order valence-corrected chi connectivity index (χ4v) is 2.30. The number of allylic oxidation sites excluding steroid dienone is 2. The van der Waals surface area contributed by atoms with Crippen molar-refractivity contribution in [2.45, 2.75) is 29.9 Å². The fourth-order valence-electron chi connectivity index (χ4n) is 2.30. The summed E-state index contributed by atoms with van der Waals surface area (Å²) >= 11 is 0. The zero-order chi connectivity index (χ0) is 15.7. The maximum absolute atomic E-state index is 14.7. The van der Waals surface area contributed by atoms with Gasteiger partial charge in [-0.3, -0.25) is 0 Å². The van der Waals surface area contributed by atoms with Gasteiger partial charge in [-0.2, -0.15) is 8.78 Å². The summed E-state index contributed by atoms with van der Waals surface area (Å²) in [6, 6.07) is 0. The van der Waals surface area contributed by atoms with E-state index in [9.17, 15) is 35.9 Å². The number of carbonyl (C=O) groups excluding carboxylic acids is 2. The molecule has 2 aliphatic rings. The molecule has 0 aromatic heterocycles. The maximum Gasteiger partial charge on any atom is 0.362 e. The van der Waals surface area contributed by atoms with Crippen LogP contribution in [0.3, 0.4) is 0 Å². The molecular formula is C11H6F6O3. The van der Waals surface area contributed by atoms with Gasteiger partial charge in [-0.1, -0.05) is 6.58 Å². The Hall–Kier alpha value is -1.80. The average molecular weight is 300 g/mol. The van der Waals surface area contributed by atoms with E-state index in [0.717, 1.165) is 0 Å². The minimum atomic E-state index is -5.35. The number of cyclic esters (lactones) is 2. The summed E-state index contributed by atoms with van der Waals surface area (Å²) in [5.41, 5.74) is -15.1. The molecule has 0 radical (unpaired) electrons. The monoisotopic (exact) mass is 300 g/mol. The molecule has 3 atom stereocenters. The third-order valence-corrected chi connectivity index (χ3v) is 3.39. The van der Waals surface area contributed by atoms with E-state index in [1.165, 1.54) is 0 Å². The molecule has 0 spiro atoms. The number of rotatable bonds is 1. The van der Waals surface area contributed by atoms with Gasteiger partial charge >= 0.3 is 23.5 Å². The van der Waals surface area contributed by atoms with Crippen LogP contribution < -0.4 is 0 Å². The Morgan fingerprint density at radius 3 is 2.10 bits per heavy atom. The smallest absolute Gasteiger partial charge is 0.362 e. The molecule has 1 heterocycles. The summed E-state index contributed by atoms with van der Waals surface area (Å²) in [5, 5.41) is 0. The zero-order valence-corrected chi connectivity index (χ0v) is 9.78. The van der Waals surface area contributed by atoms with Crippen molar-refractivity contribution < 1.29 is 40.7 Å². The lowest BCUT2D eigenvalue weighted by Gasteiger charge is -2.51. The molecule has 0 saturated carbocycles. The number of ether oxygens (including phenoxy) is 1. The third-order valence-electron chi connectivity index (χ3n) is 3.39. The summed E-state index contributed by atoms with van der Waals surface area (Å²) in [4.78, 5) is 22.5. The highest BCUT2D eigenvalue weighted by Crippen LogP contribution is 2.62. The summed E-state index contributed by atoms with van der Waals surface area (Å²) in [7, 11) is 0. The predicted molar refractivity (Wildman–Crippen MR) is 51.6 cm³/mol. The summed E-state index contributed by atoms with van der Waals surface area (Å²) in [6.45, 7) is 3.37. The molecule has 0 aromatic rings. The van der Waals surface area contributed by atoms with Crippen molar-refractivity contribution in [3.05, 3.63) is 24.1 Å². The second-order valence-electron chi connectivity index (χ2n) is 4.55. The molecule has 1 saturated heterocycles. The normalized spacial score (nSPS) is 42.9. The largest absolute Gasteiger partial charge is 0.388 e. The van der Waals surface area contributed by atoms with Crippen molar-refractivity contribution in [1.82, 2.24) is 0 Å². The molecule has 20 heavy (non-hydrogen) atoms. The Morgan fingerprint density at radius 1 is 1.15 bits per heavy atom. The first-order valence-electron chi connectivity index (χ1n) is 5.13. The van der Waals surface area contributed by atoms with Crippen molar-refractivity contribution in [2.24, 2.45) is 0 Å². The van der Waals surface area contributed by atoms with Crippen molar-refractivity contribution in [1.29, 1.82) is 0 Å².